The van der Waals surface area contributed by atoms with E-state index in [2.05, 4.69) is 0 Å². The van der Waals surface area contributed by atoms with Gasteiger partial charge in [-0.3, -0.25) is 9.59 Å². The van der Waals surface area contributed by atoms with Crippen LogP contribution in [0.15, 0.2) is 0 Å². The topological polar surface area (TPSA) is 74.6 Å². The predicted octanol–water partition coefficient (Wildman–Crippen LogP) is 0.262. The predicted molar refractivity (Wildman–Crippen MR) is 30.8 cm³/mol. The molecule has 2 N–H and O–H groups in total. The lowest BCUT2D eigenvalue weighted by Gasteiger charge is -1.96. The molecule has 0 aromatic rings. The van der Waals surface area contributed by atoms with E-state index in [9.17, 15) is 9.59 Å². The maximum absolute atomic E-state index is 9.94. The highest BCUT2D eigenvalue weighted by Crippen LogP contribution is 1.99. The minimum absolute atomic E-state index is 0.725. The number of carboxylic acid groups (broad SMARTS) is 2. The largest absolute Gasteiger partial charge is 0.490 e. The lowest BCUT2D eigenvalue weighted by Crippen LogP contribution is -2.17. The number of carbonyl (C=O) groups is 2. The summed E-state index contributed by atoms with van der Waals surface area (Å²) in [5.74, 6) is -3.25. The molecule has 1 radical (unpaired) electrons. The molecule has 0 aliphatic carbocycles. The minimum atomic E-state index is -1.20. The van der Waals surface area contributed by atoms with E-state index in [1.165, 1.54) is 6.92 Å². The highest BCUT2D eigenvalue weighted by Gasteiger charge is 2.16. The zero-order valence-corrected chi connectivity index (χ0v) is 4.87. The van der Waals surface area contributed by atoms with Crippen molar-refractivity contribution in [3.8, 4) is 0 Å². The summed E-state index contributed by atoms with van der Waals surface area (Å²) in [5.41, 5.74) is 0. The Morgan fingerprint density at radius 3 is 2.00 bits per heavy atom. The molecule has 0 aromatic carbocycles. The third kappa shape index (κ3) is 3.58. The van der Waals surface area contributed by atoms with Crippen molar-refractivity contribution in [1.29, 1.82) is 0 Å². The molecule has 0 heterocycles. The molecular weight excluding hydrogens is 123 g/mol. The molecular formula is C4H6BO4. The number of aliphatic carboxylic acids is 1. The average molecular weight is 129 g/mol. The van der Waals surface area contributed by atoms with E-state index >= 15 is 0 Å². The van der Waals surface area contributed by atoms with Gasteiger partial charge < -0.3 is 10.2 Å². The van der Waals surface area contributed by atoms with E-state index in [1.807, 2.05) is 0 Å². The molecule has 49 valence electrons. The summed E-state index contributed by atoms with van der Waals surface area (Å²) in [6.07, 6.45) is 0. The van der Waals surface area contributed by atoms with Gasteiger partial charge in [0.1, 0.15) is 0 Å². The molecule has 0 spiro atoms. The van der Waals surface area contributed by atoms with E-state index in [0.29, 0.717) is 0 Å². The van der Waals surface area contributed by atoms with Crippen LogP contribution in [0, 0.1) is 0 Å². The first-order chi connectivity index (χ1) is 4.04. The van der Waals surface area contributed by atoms with Crippen molar-refractivity contribution in [2.45, 2.75) is 12.7 Å². The summed E-state index contributed by atoms with van der Waals surface area (Å²) in [7, 11) is 0.725. The molecule has 0 aromatic heterocycles. The quantitative estimate of drug-likeness (QED) is 0.536. The Morgan fingerprint density at radius 1 is 1.44 bits per heavy atom. The molecule has 5 heteroatoms. The molecule has 4 nitrogen and oxygen atoms in total. The van der Waals surface area contributed by atoms with Crippen molar-refractivity contribution < 1.29 is 19.8 Å². The minimum Gasteiger partial charge on any atom is -0.490 e. The maximum Gasteiger partial charge on any atom is 0.298 e. The second-order valence-electron chi connectivity index (χ2n) is 1.63. The average Bonchev–Trinajstić information content (AvgIpc) is 1.63. The van der Waals surface area contributed by atoms with Gasteiger partial charge in [-0.25, -0.2) is 0 Å². The molecule has 1 unspecified atom stereocenters. The summed E-state index contributed by atoms with van der Waals surface area (Å²) in [4.78, 5) is 19.7. The molecule has 1 atom stereocenters. The van der Waals surface area contributed by atoms with E-state index < -0.39 is 17.7 Å². The molecule has 0 amide bonds. The highest BCUT2D eigenvalue weighted by molar-refractivity contribution is 6.74. The zero-order valence-electron chi connectivity index (χ0n) is 4.87. The van der Waals surface area contributed by atoms with Gasteiger partial charge in [-0.2, -0.15) is 0 Å². The first kappa shape index (κ1) is 8.00. The monoisotopic (exact) mass is 129 g/mol. The van der Waals surface area contributed by atoms with Crippen molar-refractivity contribution in [3.63, 3.8) is 0 Å². The fourth-order valence-electron chi connectivity index (χ4n) is 0.285. The van der Waals surface area contributed by atoms with Crippen molar-refractivity contribution in [3.05, 3.63) is 0 Å². The normalized spacial score (nSPS) is 12.1. The molecule has 0 saturated heterocycles. The van der Waals surface area contributed by atoms with Crippen molar-refractivity contribution >= 4 is 19.1 Å². The Labute approximate surface area is 52.7 Å². The van der Waals surface area contributed by atoms with Gasteiger partial charge in [0.15, 0.2) is 0 Å². The second kappa shape index (κ2) is 3.12. The zero-order chi connectivity index (χ0) is 7.44. The SMILES string of the molecule is CC([B]C(=O)O)C(=O)O. The summed E-state index contributed by atoms with van der Waals surface area (Å²) in [5, 5.41) is 16.2. The number of carboxylic acids is 1. The van der Waals surface area contributed by atoms with Gasteiger partial charge in [-0.05, 0) is 0 Å². The van der Waals surface area contributed by atoms with Crippen LogP contribution in [0.1, 0.15) is 6.92 Å². The Morgan fingerprint density at radius 2 is 1.89 bits per heavy atom. The molecule has 0 aliphatic rings. The molecule has 0 rings (SSSR count). The van der Waals surface area contributed by atoms with Crippen LogP contribution in [0.5, 0.6) is 0 Å². The second-order valence-corrected chi connectivity index (χ2v) is 1.63. The summed E-state index contributed by atoms with van der Waals surface area (Å²) >= 11 is 0. The van der Waals surface area contributed by atoms with Gasteiger partial charge in [0.2, 0.25) is 5.87 Å². The third-order valence-corrected chi connectivity index (χ3v) is 0.782. The standard InChI is InChI=1S/C4H6BO4/c1-2(3(6)7)5-4(8)9/h2H,1H3,(H,6,7)(H,8,9). The van der Waals surface area contributed by atoms with Gasteiger partial charge in [-0.1, -0.05) is 6.92 Å². The maximum atomic E-state index is 9.94. The van der Waals surface area contributed by atoms with Crippen LogP contribution < -0.4 is 0 Å². The Balaban J connectivity index is 3.63. The van der Waals surface area contributed by atoms with Crippen molar-refractivity contribution in [2.75, 3.05) is 0 Å². The van der Waals surface area contributed by atoms with E-state index in [-0.39, 0.29) is 0 Å². The van der Waals surface area contributed by atoms with Crippen LogP contribution in [0.2, 0.25) is 5.82 Å². The van der Waals surface area contributed by atoms with Gasteiger partial charge in [-0.15, -0.1) is 0 Å². The molecule has 0 bridgehead atoms. The van der Waals surface area contributed by atoms with Crippen LogP contribution in [-0.2, 0) is 4.79 Å². The first-order valence-corrected chi connectivity index (χ1v) is 2.34. The van der Waals surface area contributed by atoms with E-state index in [0.717, 1.165) is 7.28 Å². The van der Waals surface area contributed by atoms with Crippen molar-refractivity contribution in [2.24, 2.45) is 0 Å². The van der Waals surface area contributed by atoms with Gasteiger partial charge in [0, 0.05) is 5.82 Å². The third-order valence-electron chi connectivity index (χ3n) is 0.782. The number of hydrogen-bond donors (Lipinski definition) is 2. The van der Waals surface area contributed by atoms with Crippen LogP contribution in [-0.4, -0.2) is 29.3 Å². The molecule has 0 saturated carbocycles. The highest BCUT2D eigenvalue weighted by atomic mass is 16.4. The van der Waals surface area contributed by atoms with Crippen LogP contribution in [0.25, 0.3) is 0 Å². The smallest absolute Gasteiger partial charge is 0.298 e. The van der Waals surface area contributed by atoms with Gasteiger partial charge in [0.25, 0.3) is 13.2 Å². The lowest BCUT2D eigenvalue weighted by molar-refractivity contribution is -0.136. The van der Waals surface area contributed by atoms with Crippen LogP contribution in [0.3, 0.4) is 0 Å². The fourth-order valence-corrected chi connectivity index (χ4v) is 0.285. The lowest BCUT2D eigenvalue weighted by atomic mass is 9.66. The summed E-state index contributed by atoms with van der Waals surface area (Å²) in [6.45, 7) is 1.30. The Hall–Kier alpha value is -0.995. The molecule has 0 fully saturated rings. The Bertz CT molecular complexity index is 133. The fraction of sp³-hybridized carbons (Fsp3) is 0.500. The molecule has 9 heavy (non-hydrogen) atoms. The summed E-state index contributed by atoms with van der Waals surface area (Å²) < 4.78 is 0. The van der Waals surface area contributed by atoms with Gasteiger partial charge >= 0.3 is 0 Å². The molecule has 0 aliphatic heterocycles. The van der Waals surface area contributed by atoms with E-state index in [4.69, 9.17) is 10.2 Å². The van der Waals surface area contributed by atoms with Crippen LogP contribution >= 0.6 is 0 Å². The van der Waals surface area contributed by atoms with E-state index in [1.54, 1.807) is 0 Å². The van der Waals surface area contributed by atoms with Gasteiger partial charge in [0.05, 0.1) is 0 Å². The Kier molecular flexibility index (Phi) is 2.77. The first-order valence-electron chi connectivity index (χ1n) is 2.34. The summed E-state index contributed by atoms with van der Waals surface area (Å²) in [6, 6.07) is 0. The number of rotatable bonds is 3. The van der Waals surface area contributed by atoms with Crippen LogP contribution in [0.4, 0.5) is 4.79 Å². The van der Waals surface area contributed by atoms with Crippen molar-refractivity contribution in [1.82, 2.24) is 0 Å². The number of hydrogen-bond acceptors (Lipinski definition) is 2.